The zero-order chi connectivity index (χ0) is 32.8. The lowest BCUT2D eigenvalue weighted by Gasteiger charge is -2.23. The van der Waals surface area contributed by atoms with Gasteiger partial charge in [-0.15, -0.1) is 10.2 Å². The lowest BCUT2D eigenvalue weighted by Crippen LogP contribution is -2.23. The third kappa shape index (κ3) is 7.12. The monoisotopic (exact) mass is 650 g/mol. The molecule has 6 rings (SSSR count). The number of benzene rings is 3. The number of anilines is 1. The van der Waals surface area contributed by atoms with Crippen LogP contribution in [0.4, 0.5) is 5.95 Å². The number of carbonyl (C=O) groups is 2. The van der Waals surface area contributed by atoms with Gasteiger partial charge in [0.2, 0.25) is 17.6 Å². The van der Waals surface area contributed by atoms with E-state index in [0.29, 0.717) is 58.9 Å². The van der Waals surface area contributed by atoms with Gasteiger partial charge in [-0.05, 0) is 42.0 Å². The summed E-state index contributed by atoms with van der Waals surface area (Å²) in [6.45, 7) is 0.567. The van der Waals surface area contributed by atoms with E-state index in [-0.39, 0.29) is 29.3 Å². The largest absolute Gasteiger partial charge is 0.493 e. The zero-order valence-electron chi connectivity index (χ0n) is 26.3. The molecule has 2 heterocycles. The summed E-state index contributed by atoms with van der Waals surface area (Å²) < 4.78 is 18.6. The number of carbonyl (C=O) groups excluding carboxylic acids is 2. The minimum atomic E-state index is -0.302. The second kappa shape index (κ2) is 14.5. The predicted molar refractivity (Wildman–Crippen MR) is 178 cm³/mol. The highest BCUT2D eigenvalue weighted by Crippen LogP contribution is 2.41. The summed E-state index contributed by atoms with van der Waals surface area (Å²) in [4.78, 5) is 34.8. The summed E-state index contributed by atoms with van der Waals surface area (Å²) in [5.74, 6) is 2.01. The highest BCUT2D eigenvalue weighted by molar-refractivity contribution is 7.99. The molecular formula is C35H34N6O5S. The zero-order valence-corrected chi connectivity index (χ0v) is 27.1. The van der Waals surface area contributed by atoms with Crippen LogP contribution < -0.4 is 19.5 Å². The summed E-state index contributed by atoms with van der Waals surface area (Å²) in [6.07, 6.45) is 3.24. The van der Waals surface area contributed by atoms with E-state index in [1.807, 2.05) is 65.2 Å². The molecule has 12 heteroatoms. The van der Waals surface area contributed by atoms with Crippen molar-refractivity contribution in [2.75, 3.05) is 32.4 Å². The van der Waals surface area contributed by atoms with E-state index >= 15 is 0 Å². The third-order valence-corrected chi connectivity index (χ3v) is 8.97. The van der Waals surface area contributed by atoms with Crippen LogP contribution in [0.3, 0.4) is 0 Å². The van der Waals surface area contributed by atoms with Crippen LogP contribution in [-0.4, -0.2) is 63.5 Å². The van der Waals surface area contributed by atoms with E-state index in [1.54, 1.807) is 21.3 Å². The van der Waals surface area contributed by atoms with Gasteiger partial charge in [0, 0.05) is 24.7 Å². The van der Waals surface area contributed by atoms with E-state index < -0.39 is 0 Å². The molecule has 0 saturated heterocycles. The lowest BCUT2D eigenvalue weighted by atomic mass is 9.82. The topological polar surface area (TPSA) is 130 Å². The summed E-state index contributed by atoms with van der Waals surface area (Å²) in [5.41, 5.74) is 4.12. The Morgan fingerprint density at radius 3 is 2.32 bits per heavy atom. The summed E-state index contributed by atoms with van der Waals surface area (Å²) in [6, 6.07) is 23.7. The Morgan fingerprint density at radius 2 is 1.64 bits per heavy atom. The second-order valence-electron chi connectivity index (χ2n) is 10.9. The molecule has 0 aliphatic heterocycles. The number of ketones is 1. The molecule has 5 aromatic rings. The number of fused-ring (bicyclic) bond motifs is 1. The molecular weight excluding hydrogens is 616 g/mol. The molecule has 2 aromatic heterocycles. The number of aromatic nitrogens is 5. The fourth-order valence-corrected chi connectivity index (χ4v) is 6.43. The van der Waals surface area contributed by atoms with E-state index in [2.05, 4.69) is 37.6 Å². The average Bonchev–Trinajstić information content (AvgIpc) is 3.52. The first kappa shape index (κ1) is 31.7. The number of nitrogens with zero attached hydrogens (tertiary/aromatic N) is 5. The van der Waals surface area contributed by atoms with E-state index in [1.165, 1.54) is 18.0 Å². The minimum Gasteiger partial charge on any atom is -0.493 e. The second-order valence-corrected chi connectivity index (χ2v) is 11.9. The number of aryl methyl sites for hydroxylation is 1. The maximum absolute atomic E-state index is 13.1. The Bertz CT molecular complexity index is 1860. The average molecular weight is 651 g/mol. The van der Waals surface area contributed by atoms with Crippen LogP contribution in [0.2, 0.25) is 0 Å². The molecule has 0 radical (unpaired) electrons. The molecule has 240 valence electrons. The van der Waals surface area contributed by atoms with Gasteiger partial charge in [-0.1, -0.05) is 72.4 Å². The molecule has 0 unspecified atom stereocenters. The van der Waals surface area contributed by atoms with E-state index in [0.717, 1.165) is 23.1 Å². The van der Waals surface area contributed by atoms with Crippen molar-refractivity contribution in [1.29, 1.82) is 0 Å². The Hall–Kier alpha value is -5.23. The van der Waals surface area contributed by atoms with Gasteiger partial charge in [0.1, 0.15) is 0 Å². The molecule has 1 aliphatic rings. The highest BCUT2D eigenvalue weighted by Gasteiger charge is 2.28. The van der Waals surface area contributed by atoms with Crippen molar-refractivity contribution in [3.05, 3.63) is 101 Å². The van der Waals surface area contributed by atoms with Crippen LogP contribution in [0.15, 0.2) is 84.1 Å². The van der Waals surface area contributed by atoms with Crippen LogP contribution in [-0.2, 0) is 24.2 Å². The number of hydrogen-bond acceptors (Lipinski definition) is 10. The Labute approximate surface area is 276 Å². The maximum Gasteiger partial charge on any atom is 0.237 e. The normalized spacial score (nSPS) is 13.9. The minimum absolute atomic E-state index is 0.00581. The third-order valence-electron chi connectivity index (χ3n) is 8.00. The molecule has 1 amide bonds. The maximum atomic E-state index is 13.1. The van der Waals surface area contributed by atoms with Gasteiger partial charge in [-0.3, -0.25) is 14.9 Å². The van der Waals surface area contributed by atoms with Crippen molar-refractivity contribution in [3.8, 4) is 28.6 Å². The number of ether oxygens (including phenoxy) is 3. The first-order chi connectivity index (χ1) is 23.0. The fourth-order valence-electron chi connectivity index (χ4n) is 5.66. The van der Waals surface area contributed by atoms with Gasteiger partial charge >= 0.3 is 0 Å². The van der Waals surface area contributed by atoms with Crippen molar-refractivity contribution < 1.29 is 23.8 Å². The number of rotatable bonds is 12. The number of amides is 1. The molecule has 1 atom stereocenters. The number of Topliss-reactive ketones (excluding diaryl/α,β-unsaturated/α-hetero) is 1. The van der Waals surface area contributed by atoms with E-state index in [4.69, 9.17) is 14.2 Å². The van der Waals surface area contributed by atoms with Crippen LogP contribution in [0.5, 0.6) is 17.2 Å². The summed E-state index contributed by atoms with van der Waals surface area (Å²) >= 11 is 1.26. The number of methoxy groups -OCH3 is 3. The quantitative estimate of drug-likeness (QED) is 0.169. The van der Waals surface area contributed by atoms with Crippen LogP contribution in [0.1, 0.15) is 39.5 Å². The van der Waals surface area contributed by atoms with Crippen molar-refractivity contribution in [2.24, 2.45) is 0 Å². The van der Waals surface area contributed by atoms with Crippen molar-refractivity contribution in [2.45, 2.75) is 36.9 Å². The fraction of sp³-hybridized carbons (Fsp3) is 0.257. The van der Waals surface area contributed by atoms with Gasteiger partial charge in [-0.2, -0.15) is 0 Å². The standard InChI is InChI=1S/C35H34N6O5S/c1-44-29-18-25(19-30(45-2)32(29)46-3)33-39-40-35(41(33)15-14-22-10-6-4-7-11-22)47-21-31(43)38-34-36-20-26-27(37-34)16-24(17-28(26)42)23-12-8-5-9-13-23/h4-13,18-20,24H,14-17,21H2,1-3H3,(H,36,37,38,43)/t24-/m1/s1. The van der Waals surface area contributed by atoms with Gasteiger partial charge in [0.15, 0.2) is 28.3 Å². The summed E-state index contributed by atoms with van der Waals surface area (Å²) in [7, 11) is 4.68. The molecule has 1 N–H and O–H groups in total. The smallest absolute Gasteiger partial charge is 0.237 e. The van der Waals surface area contributed by atoms with Crippen molar-refractivity contribution in [3.63, 3.8) is 0 Å². The predicted octanol–water partition coefficient (Wildman–Crippen LogP) is 5.65. The van der Waals surface area contributed by atoms with Gasteiger partial charge in [-0.25, -0.2) is 9.97 Å². The van der Waals surface area contributed by atoms with E-state index in [9.17, 15) is 9.59 Å². The molecule has 0 bridgehead atoms. The van der Waals surface area contributed by atoms with Gasteiger partial charge in [0.25, 0.3) is 0 Å². The number of nitrogens with one attached hydrogen (secondary N) is 1. The molecule has 0 spiro atoms. The number of thioether (sulfide) groups is 1. The number of hydrogen-bond donors (Lipinski definition) is 1. The molecule has 0 saturated carbocycles. The molecule has 11 nitrogen and oxygen atoms in total. The molecule has 47 heavy (non-hydrogen) atoms. The first-order valence-corrected chi connectivity index (χ1v) is 16.1. The van der Waals surface area contributed by atoms with Gasteiger partial charge in [0.05, 0.1) is 38.3 Å². The van der Waals surface area contributed by atoms with Crippen LogP contribution in [0, 0.1) is 0 Å². The molecule has 0 fully saturated rings. The molecule has 1 aliphatic carbocycles. The van der Waals surface area contributed by atoms with Crippen LogP contribution >= 0.6 is 11.8 Å². The lowest BCUT2D eigenvalue weighted by molar-refractivity contribution is -0.113. The summed E-state index contributed by atoms with van der Waals surface area (Å²) in [5, 5.41) is 12.3. The van der Waals surface area contributed by atoms with Crippen molar-refractivity contribution >= 4 is 29.4 Å². The highest BCUT2D eigenvalue weighted by atomic mass is 32.2. The SMILES string of the molecule is COc1cc(-c2nnc(SCC(=O)Nc3ncc4c(n3)C[C@@H](c3ccccc3)CC4=O)n2CCc2ccccc2)cc(OC)c1OC. The van der Waals surface area contributed by atoms with Crippen molar-refractivity contribution in [1.82, 2.24) is 24.7 Å². The Morgan fingerprint density at radius 1 is 0.936 bits per heavy atom. The first-order valence-electron chi connectivity index (χ1n) is 15.1. The Kier molecular flexibility index (Phi) is 9.77. The van der Waals surface area contributed by atoms with Gasteiger partial charge < -0.3 is 18.8 Å². The van der Waals surface area contributed by atoms with Crippen LogP contribution in [0.25, 0.3) is 11.4 Å². The Balaban J connectivity index is 1.20. The molecule has 3 aromatic carbocycles.